The van der Waals surface area contributed by atoms with Gasteiger partial charge in [0, 0.05) is 11.5 Å². The zero-order chi connectivity index (χ0) is 13.2. The summed E-state index contributed by atoms with van der Waals surface area (Å²) in [7, 11) is 0. The van der Waals surface area contributed by atoms with Gasteiger partial charge in [0.25, 0.3) is 0 Å². The first-order chi connectivity index (χ1) is 9.24. The molecule has 0 aliphatic heterocycles. The molecule has 94 valence electrons. The molecule has 0 saturated carbocycles. The van der Waals surface area contributed by atoms with E-state index in [1.165, 1.54) is 18.3 Å². The fraction of sp³-hybridized carbons (Fsp3) is 0. The number of nitrogens with two attached hydrogens (primary N) is 1. The number of nitrogen functional groups attached to an aromatic ring is 1. The number of fused-ring (bicyclic) bond motifs is 1. The van der Waals surface area contributed by atoms with Crippen LogP contribution in [0, 0.1) is 5.82 Å². The predicted molar refractivity (Wildman–Crippen MR) is 70.4 cm³/mol. The summed E-state index contributed by atoms with van der Waals surface area (Å²) in [4.78, 5) is 0. The van der Waals surface area contributed by atoms with Crippen LogP contribution in [0.15, 0.2) is 48.7 Å². The number of anilines is 1. The highest BCUT2D eigenvalue weighted by Gasteiger charge is 2.06. The Bertz CT molecular complexity index is 740. The maximum absolute atomic E-state index is 13.4. The lowest BCUT2D eigenvalue weighted by Gasteiger charge is -2.08. The molecular weight excluding hydrogens is 245 g/mol. The van der Waals surface area contributed by atoms with E-state index in [0.29, 0.717) is 11.5 Å². The largest absolute Gasteiger partial charge is 0.455 e. The van der Waals surface area contributed by atoms with Gasteiger partial charge in [-0.05, 0) is 24.3 Å². The van der Waals surface area contributed by atoms with Gasteiger partial charge in [-0.2, -0.15) is 10.2 Å². The monoisotopic (exact) mass is 255 g/mol. The van der Waals surface area contributed by atoms with E-state index >= 15 is 0 Å². The first-order valence-corrected chi connectivity index (χ1v) is 5.67. The second-order valence-corrected chi connectivity index (χ2v) is 4.01. The third-order valence-electron chi connectivity index (χ3n) is 2.71. The number of benzene rings is 2. The van der Waals surface area contributed by atoms with Crippen LogP contribution in [0.5, 0.6) is 11.5 Å². The summed E-state index contributed by atoms with van der Waals surface area (Å²) in [6.07, 6.45) is 1.50. The highest BCUT2D eigenvalue weighted by atomic mass is 19.1. The highest BCUT2D eigenvalue weighted by molar-refractivity contribution is 5.84. The van der Waals surface area contributed by atoms with Crippen molar-refractivity contribution in [2.75, 3.05) is 5.73 Å². The molecule has 0 aliphatic carbocycles. The van der Waals surface area contributed by atoms with Crippen LogP contribution in [0.25, 0.3) is 10.9 Å². The number of hydrogen-bond donors (Lipinski definition) is 1. The summed E-state index contributed by atoms with van der Waals surface area (Å²) in [6, 6.07) is 11.7. The Kier molecular flexibility index (Phi) is 2.72. The number of hydrogen-bond acceptors (Lipinski definition) is 4. The van der Waals surface area contributed by atoms with E-state index in [2.05, 4.69) is 10.2 Å². The molecule has 2 aromatic carbocycles. The van der Waals surface area contributed by atoms with Crippen molar-refractivity contribution in [3.8, 4) is 11.5 Å². The van der Waals surface area contributed by atoms with Gasteiger partial charge in [-0.1, -0.05) is 12.1 Å². The second-order valence-electron chi connectivity index (χ2n) is 4.01. The smallest absolute Gasteiger partial charge is 0.156 e. The fourth-order valence-corrected chi connectivity index (χ4v) is 1.76. The molecule has 4 nitrogen and oxygen atoms in total. The molecule has 3 aromatic rings. The van der Waals surface area contributed by atoms with Gasteiger partial charge < -0.3 is 10.5 Å². The van der Waals surface area contributed by atoms with Crippen LogP contribution in [0.4, 0.5) is 10.1 Å². The van der Waals surface area contributed by atoms with Gasteiger partial charge in [0.1, 0.15) is 11.6 Å². The van der Waals surface area contributed by atoms with Gasteiger partial charge in [0.15, 0.2) is 5.75 Å². The molecule has 0 unspecified atom stereocenters. The summed E-state index contributed by atoms with van der Waals surface area (Å²) in [6.45, 7) is 0. The van der Waals surface area contributed by atoms with E-state index in [-0.39, 0.29) is 5.69 Å². The fourth-order valence-electron chi connectivity index (χ4n) is 1.76. The zero-order valence-electron chi connectivity index (χ0n) is 9.88. The Balaban J connectivity index is 2.03. The molecule has 0 aliphatic rings. The second kappa shape index (κ2) is 4.53. The van der Waals surface area contributed by atoms with Crippen LogP contribution in [-0.4, -0.2) is 10.2 Å². The Morgan fingerprint density at radius 1 is 1.11 bits per heavy atom. The van der Waals surface area contributed by atoms with Crippen molar-refractivity contribution in [2.45, 2.75) is 0 Å². The number of nitrogens with zero attached hydrogens (tertiary/aromatic N) is 2. The molecule has 0 saturated heterocycles. The van der Waals surface area contributed by atoms with Crippen molar-refractivity contribution < 1.29 is 9.13 Å². The number of ether oxygens (including phenoxy) is 1. The maximum atomic E-state index is 13.4. The van der Waals surface area contributed by atoms with Crippen molar-refractivity contribution in [1.29, 1.82) is 0 Å². The summed E-state index contributed by atoms with van der Waals surface area (Å²) < 4.78 is 19.0. The summed E-state index contributed by atoms with van der Waals surface area (Å²) in [5, 5.41) is 8.66. The van der Waals surface area contributed by atoms with Gasteiger partial charge in [-0.15, -0.1) is 0 Å². The third-order valence-corrected chi connectivity index (χ3v) is 2.71. The number of rotatable bonds is 2. The van der Waals surface area contributed by atoms with E-state index in [4.69, 9.17) is 10.5 Å². The molecule has 0 fully saturated rings. The van der Waals surface area contributed by atoms with Crippen molar-refractivity contribution in [1.82, 2.24) is 10.2 Å². The Morgan fingerprint density at radius 2 is 1.95 bits per heavy atom. The predicted octanol–water partition coefficient (Wildman–Crippen LogP) is 3.14. The SMILES string of the molecule is Nc1ccc(Oc2cnnc3ccccc23)cc1F. The van der Waals surface area contributed by atoms with Crippen LogP contribution >= 0.6 is 0 Å². The van der Waals surface area contributed by atoms with Crippen molar-refractivity contribution >= 4 is 16.6 Å². The van der Waals surface area contributed by atoms with Gasteiger partial charge in [-0.25, -0.2) is 4.39 Å². The van der Waals surface area contributed by atoms with Gasteiger partial charge >= 0.3 is 0 Å². The number of halogens is 1. The van der Waals surface area contributed by atoms with Gasteiger partial charge in [-0.3, -0.25) is 0 Å². The third kappa shape index (κ3) is 2.18. The molecule has 0 spiro atoms. The molecule has 5 heteroatoms. The molecule has 0 bridgehead atoms. The van der Waals surface area contributed by atoms with Crippen LogP contribution < -0.4 is 10.5 Å². The standard InChI is InChI=1S/C14H10FN3O/c15-11-7-9(5-6-12(11)16)19-14-8-17-18-13-4-2-1-3-10(13)14/h1-8H,16H2. The molecule has 0 radical (unpaired) electrons. The minimum Gasteiger partial charge on any atom is -0.455 e. The minimum atomic E-state index is -0.510. The molecule has 1 heterocycles. The molecule has 1 aromatic heterocycles. The van der Waals surface area contributed by atoms with Crippen LogP contribution in [-0.2, 0) is 0 Å². The summed E-state index contributed by atoms with van der Waals surface area (Å²) >= 11 is 0. The molecule has 3 rings (SSSR count). The lowest BCUT2D eigenvalue weighted by molar-refractivity contribution is 0.479. The Labute approximate surface area is 108 Å². The lowest BCUT2D eigenvalue weighted by atomic mass is 10.2. The van der Waals surface area contributed by atoms with Crippen molar-refractivity contribution in [2.24, 2.45) is 0 Å². The van der Waals surface area contributed by atoms with E-state index in [9.17, 15) is 4.39 Å². The maximum Gasteiger partial charge on any atom is 0.156 e. The van der Waals surface area contributed by atoms with E-state index in [1.54, 1.807) is 6.07 Å². The van der Waals surface area contributed by atoms with Crippen LogP contribution in [0.1, 0.15) is 0 Å². The average molecular weight is 255 g/mol. The zero-order valence-corrected chi connectivity index (χ0v) is 9.88. The first-order valence-electron chi connectivity index (χ1n) is 5.67. The molecule has 0 amide bonds. The molecule has 0 atom stereocenters. The van der Waals surface area contributed by atoms with Crippen molar-refractivity contribution in [3.63, 3.8) is 0 Å². The van der Waals surface area contributed by atoms with Gasteiger partial charge in [0.05, 0.1) is 17.4 Å². The Morgan fingerprint density at radius 3 is 2.79 bits per heavy atom. The first kappa shape index (κ1) is 11.4. The van der Waals surface area contributed by atoms with Gasteiger partial charge in [0.2, 0.25) is 0 Å². The van der Waals surface area contributed by atoms with Crippen molar-refractivity contribution in [3.05, 3.63) is 54.5 Å². The normalized spacial score (nSPS) is 10.6. The number of aromatic nitrogens is 2. The van der Waals surface area contributed by atoms with Crippen LogP contribution in [0.2, 0.25) is 0 Å². The Hall–Kier alpha value is -2.69. The lowest BCUT2D eigenvalue weighted by Crippen LogP contribution is -1.93. The minimum absolute atomic E-state index is 0.0880. The van der Waals surface area contributed by atoms with E-state index in [0.717, 1.165) is 10.9 Å². The van der Waals surface area contributed by atoms with E-state index in [1.807, 2.05) is 24.3 Å². The quantitative estimate of drug-likeness (QED) is 0.714. The topological polar surface area (TPSA) is 61.0 Å². The molecular formula is C14H10FN3O. The summed E-state index contributed by atoms with van der Waals surface area (Å²) in [5.74, 6) is 0.378. The van der Waals surface area contributed by atoms with E-state index < -0.39 is 5.82 Å². The average Bonchev–Trinajstić information content (AvgIpc) is 2.43. The molecule has 2 N–H and O–H groups in total. The molecule has 19 heavy (non-hydrogen) atoms. The highest BCUT2D eigenvalue weighted by Crippen LogP contribution is 2.28. The van der Waals surface area contributed by atoms with Crippen LogP contribution in [0.3, 0.4) is 0 Å². The summed E-state index contributed by atoms with van der Waals surface area (Å²) in [5.41, 5.74) is 6.23.